The molecule has 3 fully saturated rings. The van der Waals surface area contributed by atoms with E-state index in [9.17, 15) is 0 Å². The fourth-order valence-corrected chi connectivity index (χ4v) is 2.70. The zero-order valence-corrected chi connectivity index (χ0v) is 11.0. The summed E-state index contributed by atoms with van der Waals surface area (Å²) >= 11 is 0. The van der Waals surface area contributed by atoms with Crippen molar-refractivity contribution in [2.24, 2.45) is 0 Å². The summed E-state index contributed by atoms with van der Waals surface area (Å²) < 4.78 is 29.1. The van der Waals surface area contributed by atoms with E-state index in [1.54, 1.807) is 0 Å². The van der Waals surface area contributed by atoms with Gasteiger partial charge < -0.3 is 23.7 Å². The lowest BCUT2D eigenvalue weighted by atomic mass is 9.96. The molecule has 98 valence electrons. The minimum Gasteiger partial charge on any atom is -0.347 e. The van der Waals surface area contributed by atoms with Gasteiger partial charge in [0.2, 0.25) is 0 Å². The van der Waals surface area contributed by atoms with Gasteiger partial charge in [-0.15, -0.1) is 0 Å². The monoisotopic (exact) mass is 244 g/mol. The molecule has 5 heteroatoms. The fourth-order valence-electron chi connectivity index (χ4n) is 2.70. The van der Waals surface area contributed by atoms with Crippen molar-refractivity contribution in [3.05, 3.63) is 0 Å². The maximum Gasteiger partial charge on any atom is 0.190 e. The second-order valence-electron chi connectivity index (χ2n) is 6.13. The summed E-state index contributed by atoms with van der Waals surface area (Å²) in [5.41, 5.74) is -0.485. The molecule has 0 saturated carbocycles. The van der Waals surface area contributed by atoms with Gasteiger partial charge in [-0.1, -0.05) is 0 Å². The summed E-state index contributed by atoms with van der Waals surface area (Å²) in [6.07, 6.45) is -0.700. The molecule has 4 atom stereocenters. The number of fused-ring (bicyclic) bond motifs is 3. The van der Waals surface area contributed by atoms with Gasteiger partial charge in [0.1, 0.15) is 17.8 Å². The molecule has 0 aromatic heterocycles. The van der Waals surface area contributed by atoms with Gasteiger partial charge in [-0.3, -0.25) is 0 Å². The first-order chi connectivity index (χ1) is 7.71. The summed E-state index contributed by atoms with van der Waals surface area (Å²) in [6.45, 7) is 10.0. The van der Waals surface area contributed by atoms with E-state index in [2.05, 4.69) is 0 Å². The quantitative estimate of drug-likeness (QED) is 0.644. The Balaban J connectivity index is 1.85. The van der Waals surface area contributed by atoms with Crippen molar-refractivity contribution in [3.63, 3.8) is 0 Å². The summed E-state index contributed by atoms with van der Waals surface area (Å²) in [4.78, 5) is 0. The molecule has 5 nitrogen and oxygen atoms in total. The summed E-state index contributed by atoms with van der Waals surface area (Å²) in [7, 11) is 0. The van der Waals surface area contributed by atoms with Crippen LogP contribution >= 0.6 is 0 Å². The van der Waals surface area contributed by atoms with E-state index in [1.165, 1.54) is 0 Å². The predicted molar refractivity (Wildman–Crippen MR) is 58.2 cm³/mol. The molecule has 0 spiro atoms. The molecular weight excluding hydrogens is 224 g/mol. The van der Waals surface area contributed by atoms with Crippen LogP contribution in [-0.4, -0.2) is 42.3 Å². The summed E-state index contributed by atoms with van der Waals surface area (Å²) in [5.74, 6) is -1.21. The summed E-state index contributed by atoms with van der Waals surface area (Å²) in [5, 5.41) is 0. The van der Waals surface area contributed by atoms with Crippen molar-refractivity contribution >= 4 is 0 Å². The lowest BCUT2D eigenvalue weighted by molar-refractivity contribution is -0.344. The standard InChI is InChI=1S/C12H20O5/c1-10(2)13-6-12(5)8(15-10)7-9(17-12)16-11(3,4)14-7/h7-9H,6H2,1-5H3. The van der Waals surface area contributed by atoms with Crippen LogP contribution in [0.2, 0.25) is 0 Å². The van der Waals surface area contributed by atoms with Crippen LogP contribution in [0.15, 0.2) is 0 Å². The molecule has 3 saturated heterocycles. The maximum absolute atomic E-state index is 5.96. The molecule has 0 radical (unpaired) electrons. The molecule has 3 heterocycles. The second-order valence-corrected chi connectivity index (χ2v) is 6.13. The minimum absolute atomic E-state index is 0.155. The van der Waals surface area contributed by atoms with Crippen LogP contribution in [0.4, 0.5) is 0 Å². The van der Waals surface area contributed by atoms with Gasteiger partial charge in [0.05, 0.1) is 6.61 Å². The van der Waals surface area contributed by atoms with E-state index in [-0.39, 0.29) is 18.5 Å². The highest BCUT2D eigenvalue weighted by Gasteiger charge is 2.63. The molecular formula is C12H20O5. The number of hydrogen-bond donors (Lipinski definition) is 0. The molecule has 0 aromatic carbocycles. The van der Waals surface area contributed by atoms with Gasteiger partial charge in [0, 0.05) is 0 Å². The first-order valence-electron chi connectivity index (χ1n) is 6.06. The third-order valence-electron chi connectivity index (χ3n) is 3.49. The average Bonchev–Trinajstić information content (AvgIpc) is 2.56. The zero-order chi connectivity index (χ0) is 12.5. The molecule has 0 bridgehead atoms. The van der Waals surface area contributed by atoms with E-state index >= 15 is 0 Å². The molecule has 3 aliphatic heterocycles. The van der Waals surface area contributed by atoms with E-state index in [4.69, 9.17) is 23.7 Å². The van der Waals surface area contributed by atoms with Crippen LogP contribution in [0.25, 0.3) is 0 Å². The normalized spacial score (nSPS) is 51.0. The topological polar surface area (TPSA) is 46.2 Å². The van der Waals surface area contributed by atoms with Crippen LogP contribution in [0.5, 0.6) is 0 Å². The van der Waals surface area contributed by atoms with Gasteiger partial charge >= 0.3 is 0 Å². The maximum atomic E-state index is 5.96. The highest BCUT2D eigenvalue weighted by atomic mass is 16.9. The highest BCUT2D eigenvalue weighted by molar-refractivity contribution is 5.04. The van der Waals surface area contributed by atoms with E-state index < -0.39 is 17.2 Å². The zero-order valence-electron chi connectivity index (χ0n) is 11.0. The van der Waals surface area contributed by atoms with Crippen molar-refractivity contribution in [2.45, 2.75) is 70.3 Å². The Morgan fingerprint density at radius 3 is 2.24 bits per heavy atom. The van der Waals surface area contributed by atoms with Gasteiger partial charge in [0.25, 0.3) is 0 Å². The van der Waals surface area contributed by atoms with Crippen LogP contribution in [0.1, 0.15) is 34.6 Å². The van der Waals surface area contributed by atoms with Crippen LogP contribution in [-0.2, 0) is 23.7 Å². The van der Waals surface area contributed by atoms with Crippen LogP contribution in [0.3, 0.4) is 0 Å². The third kappa shape index (κ3) is 1.81. The van der Waals surface area contributed by atoms with E-state index in [0.717, 1.165) is 0 Å². The lowest BCUT2D eigenvalue weighted by Crippen LogP contribution is -2.57. The molecule has 0 amide bonds. The largest absolute Gasteiger partial charge is 0.347 e. The Hall–Kier alpha value is -0.200. The number of ether oxygens (including phenoxy) is 5. The third-order valence-corrected chi connectivity index (χ3v) is 3.49. The van der Waals surface area contributed by atoms with Crippen molar-refractivity contribution in [3.8, 4) is 0 Å². The Bertz CT molecular complexity index is 340. The Kier molecular flexibility index (Phi) is 2.25. The second kappa shape index (κ2) is 3.22. The molecule has 3 aliphatic rings. The van der Waals surface area contributed by atoms with Crippen molar-refractivity contribution in [1.82, 2.24) is 0 Å². The van der Waals surface area contributed by atoms with Crippen LogP contribution in [0, 0.1) is 0 Å². The Labute approximate surface area is 101 Å². The van der Waals surface area contributed by atoms with Crippen molar-refractivity contribution in [2.75, 3.05) is 6.61 Å². The minimum atomic E-state index is -0.609. The fraction of sp³-hybridized carbons (Fsp3) is 1.00. The molecule has 4 unspecified atom stereocenters. The number of rotatable bonds is 0. The highest BCUT2D eigenvalue weighted by Crippen LogP contribution is 2.47. The average molecular weight is 244 g/mol. The van der Waals surface area contributed by atoms with E-state index in [0.29, 0.717) is 6.61 Å². The van der Waals surface area contributed by atoms with Gasteiger partial charge in [-0.2, -0.15) is 0 Å². The van der Waals surface area contributed by atoms with Crippen molar-refractivity contribution < 1.29 is 23.7 Å². The first-order valence-corrected chi connectivity index (χ1v) is 6.06. The molecule has 17 heavy (non-hydrogen) atoms. The van der Waals surface area contributed by atoms with Gasteiger partial charge in [0.15, 0.2) is 17.9 Å². The van der Waals surface area contributed by atoms with Gasteiger partial charge in [-0.05, 0) is 34.6 Å². The Morgan fingerprint density at radius 2 is 1.53 bits per heavy atom. The van der Waals surface area contributed by atoms with Gasteiger partial charge in [-0.25, -0.2) is 0 Å². The first kappa shape index (κ1) is 11.9. The summed E-state index contributed by atoms with van der Waals surface area (Å²) in [6, 6.07) is 0. The van der Waals surface area contributed by atoms with Crippen LogP contribution < -0.4 is 0 Å². The molecule has 0 N–H and O–H groups in total. The molecule has 3 rings (SSSR count). The van der Waals surface area contributed by atoms with E-state index in [1.807, 2.05) is 34.6 Å². The lowest BCUT2D eigenvalue weighted by Gasteiger charge is -2.44. The number of hydrogen-bond acceptors (Lipinski definition) is 5. The van der Waals surface area contributed by atoms with Crippen molar-refractivity contribution in [1.29, 1.82) is 0 Å². The molecule has 0 aromatic rings. The predicted octanol–water partition coefficient (Wildman–Crippen LogP) is 1.40. The molecule has 0 aliphatic carbocycles. The smallest absolute Gasteiger partial charge is 0.190 e. The Morgan fingerprint density at radius 1 is 0.824 bits per heavy atom. The SMILES string of the molecule is CC1(C)OC2OC3(C)COC(C)(C)OC3C2O1.